The Morgan fingerprint density at radius 1 is 1.27 bits per heavy atom. The summed E-state index contributed by atoms with van der Waals surface area (Å²) in [7, 11) is 0. The Labute approximate surface area is 90.8 Å². The number of anilines is 1. The summed E-state index contributed by atoms with van der Waals surface area (Å²) in [6.07, 6.45) is 1.03. The standard InChI is InChI=1S/C12H19FN2/c1-3-10(2)12(9-14-13)15-11-7-5-4-6-8-11/h4-8,10,12,14-15H,3,9H2,1-2H3. The predicted octanol–water partition coefficient (Wildman–Crippen LogP) is 2.99. The Morgan fingerprint density at radius 3 is 2.47 bits per heavy atom. The van der Waals surface area contributed by atoms with E-state index in [4.69, 9.17) is 0 Å². The van der Waals surface area contributed by atoms with Gasteiger partial charge in [0, 0.05) is 18.3 Å². The number of halogens is 1. The molecule has 2 N–H and O–H groups in total. The third kappa shape index (κ3) is 3.88. The molecule has 0 aliphatic carbocycles. The maximum atomic E-state index is 12.2. The molecule has 0 spiro atoms. The van der Waals surface area contributed by atoms with E-state index in [0.717, 1.165) is 12.1 Å². The van der Waals surface area contributed by atoms with E-state index in [1.165, 1.54) is 0 Å². The highest BCUT2D eigenvalue weighted by Crippen LogP contribution is 2.14. The molecule has 0 amide bonds. The highest BCUT2D eigenvalue weighted by atomic mass is 19.2. The Hall–Kier alpha value is -1.09. The van der Waals surface area contributed by atoms with Gasteiger partial charge in [-0.2, -0.15) is 5.54 Å². The van der Waals surface area contributed by atoms with Gasteiger partial charge < -0.3 is 5.32 Å². The summed E-state index contributed by atoms with van der Waals surface area (Å²) >= 11 is 0. The quantitative estimate of drug-likeness (QED) is 0.705. The fraction of sp³-hybridized carbons (Fsp3) is 0.500. The van der Waals surface area contributed by atoms with Crippen LogP contribution < -0.4 is 10.9 Å². The minimum absolute atomic E-state index is 0.127. The lowest BCUT2D eigenvalue weighted by atomic mass is 9.99. The largest absolute Gasteiger partial charge is 0.381 e. The van der Waals surface area contributed by atoms with Crippen molar-refractivity contribution in [2.45, 2.75) is 26.3 Å². The van der Waals surface area contributed by atoms with Crippen molar-refractivity contribution in [3.05, 3.63) is 30.3 Å². The van der Waals surface area contributed by atoms with E-state index in [1.54, 1.807) is 5.54 Å². The van der Waals surface area contributed by atoms with E-state index in [1.807, 2.05) is 30.3 Å². The molecule has 0 saturated heterocycles. The van der Waals surface area contributed by atoms with E-state index < -0.39 is 0 Å². The van der Waals surface area contributed by atoms with Crippen LogP contribution in [-0.4, -0.2) is 12.6 Å². The zero-order chi connectivity index (χ0) is 11.1. The highest BCUT2D eigenvalue weighted by Gasteiger charge is 2.14. The summed E-state index contributed by atoms with van der Waals surface area (Å²) in [6.45, 7) is 4.57. The van der Waals surface area contributed by atoms with E-state index in [0.29, 0.717) is 12.5 Å². The van der Waals surface area contributed by atoms with Crippen molar-refractivity contribution in [1.82, 2.24) is 5.54 Å². The van der Waals surface area contributed by atoms with Crippen LogP contribution in [0.25, 0.3) is 0 Å². The smallest absolute Gasteiger partial charge is 0.0464 e. The first kappa shape index (κ1) is 12.0. The van der Waals surface area contributed by atoms with Crippen LogP contribution in [0.15, 0.2) is 30.3 Å². The van der Waals surface area contributed by atoms with Gasteiger partial charge in [0.15, 0.2) is 0 Å². The average molecular weight is 210 g/mol. The van der Waals surface area contributed by atoms with Gasteiger partial charge in [-0.15, -0.1) is 4.48 Å². The van der Waals surface area contributed by atoms with Crippen molar-refractivity contribution >= 4 is 5.69 Å². The number of nitrogens with one attached hydrogen (secondary N) is 2. The minimum Gasteiger partial charge on any atom is -0.381 e. The molecule has 2 unspecified atom stereocenters. The number of benzene rings is 1. The van der Waals surface area contributed by atoms with Crippen LogP contribution in [0.3, 0.4) is 0 Å². The molecule has 84 valence electrons. The van der Waals surface area contributed by atoms with Crippen molar-refractivity contribution in [2.75, 3.05) is 11.9 Å². The predicted molar refractivity (Wildman–Crippen MR) is 62.4 cm³/mol. The summed E-state index contributed by atoms with van der Waals surface area (Å²) in [4.78, 5) is 0. The van der Waals surface area contributed by atoms with Crippen LogP contribution in [0, 0.1) is 5.92 Å². The Kier molecular flexibility index (Phi) is 5.12. The van der Waals surface area contributed by atoms with Crippen LogP contribution in [0.2, 0.25) is 0 Å². The van der Waals surface area contributed by atoms with Gasteiger partial charge in [0.1, 0.15) is 0 Å². The summed E-state index contributed by atoms with van der Waals surface area (Å²) in [5.74, 6) is 0.438. The van der Waals surface area contributed by atoms with Gasteiger partial charge in [-0.1, -0.05) is 38.5 Å². The Balaban J connectivity index is 2.58. The summed E-state index contributed by atoms with van der Waals surface area (Å²) in [6, 6.07) is 10.0. The van der Waals surface area contributed by atoms with Crippen molar-refractivity contribution in [1.29, 1.82) is 0 Å². The normalized spacial score (nSPS) is 14.6. The first-order chi connectivity index (χ1) is 7.27. The molecule has 0 aliphatic rings. The second-order valence-electron chi connectivity index (χ2n) is 3.84. The molecule has 0 heterocycles. The molecule has 1 rings (SSSR count). The number of hydrogen-bond acceptors (Lipinski definition) is 2. The fourth-order valence-electron chi connectivity index (χ4n) is 1.51. The number of para-hydroxylation sites is 1. The molecular formula is C12H19FN2. The fourth-order valence-corrected chi connectivity index (χ4v) is 1.51. The molecule has 0 radical (unpaired) electrons. The van der Waals surface area contributed by atoms with Crippen LogP contribution in [0.4, 0.5) is 10.2 Å². The lowest BCUT2D eigenvalue weighted by molar-refractivity contribution is 0.298. The third-order valence-corrected chi connectivity index (χ3v) is 2.75. The average Bonchev–Trinajstić information content (AvgIpc) is 2.29. The molecule has 0 saturated carbocycles. The van der Waals surface area contributed by atoms with E-state index in [-0.39, 0.29) is 6.04 Å². The number of hydrogen-bond donors (Lipinski definition) is 2. The van der Waals surface area contributed by atoms with Gasteiger partial charge in [-0.05, 0) is 18.1 Å². The highest BCUT2D eigenvalue weighted by molar-refractivity contribution is 5.43. The van der Waals surface area contributed by atoms with Crippen LogP contribution in [0.1, 0.15) is 20.3 Å². The van der Waals surface area contributed by atoms with Gasteiger partial charge in [-0.3, -0.25) is 0 Å². The van der Waals surface area contributed by atoms with Gasteiger partial charge in [0.2, 0.25) is 0 Å². The van der Waals surface area contributed by atoms with Crippen LogP contribution in [0.5, 0.6) is 0 Å². The molecule has 2 atom stereocenters. The molecule has 0 aliphatic heterocycles. The van der Waals surface area contributed by atoms with Crippen molar-refractivity contribution < 1.29 is 4.48 Å². The first-order valence-corrected chi connectivity index (χ1v) is 5.43. The monoisotopic (exact) mass is 210 g/mol. The topological polar surface area (TPSA) is 24.1 Å². The molecule has 15 heavy (non-hydrogen) atoms. The molecule has 2 nitrogen and oxygen atoms in total. The maximum absolute atomic E-state index is 12.2. The van der Waals surface area contributed by atoms with Crippen LogP contribution in [-0.2, 0) is 0 Å². The number of rotatable bonds is 6. The molecular weight excluding hydrogens is 191 g/mol. The molecule has 0 aromatic heterocycles. The Morgan fingerprint density at radius 2 is 1.93 bits per heavy atom. The summed E-state index contributed by atoms with van der Waals surface area (Å²) in [5, 5.41) is 3.33. The van der Waals surface area contributed by atoms with Gasteiger partial charge >= 0.3 is 0 Å². The zero-order valence-electron chi connectivity index (χ0n) is 9.33. The third-order valence-electron chi connectivity index (χ3n) is 2.75. The van der Waals surface area contributed by atoms with Crippen LogP contribution >= 0.6 is 0 Å². The second kappa shape index (κ2) is 6.40. The molecule has 3 heteroatoms. The maximum Gasteiger partial charge on any atom is 0.0464 e. The first-order valence-electron chi connectivity index (χ1n) is 5.43. The lowest BCUT2D eigenvalue weighted by Crippen LogP contribution is -2.35. The SMILES string of the molecule is CCC(C)C(CNF)Nc1ccccc1. The summed E-state index contributed by atoms with van der Waals surface area (Å²) < 4.78 is 12.2. The van der Waals surface area contributed by atoms with Gasteiger partial charge in [0.05, 0.1) is 0 Å². The summed E-state index contributed by atoms with van der Waals surface area (Å²) in [5.41, 5.74) is 2.78. The molecule has 0 fully saturated rings. The Bertz CT molecular complexity index is 264. The lowest BCUT2D eigenvalue weighted by Gasteiger charge is -2.24. The molecule has 0 bridgehead atoms. The van der Waals surface area contributed by atoms with Crippen molar-refractivity contribution in [3.63, 3.8) is 0 Å². The van der Waals surface area contributed by atoms with E-state index in [2.05, 4.69) is 19.2 Å². The van der Waals surface area contributed by atoms with Crippen molar-refractivity contribution in [2.24, 2.45) is 5.92 Å². The van der Waals surface area contributed by atoms with Crippen molar-refractivity contribution in [3.8, 4) is 0 Å². The minimum atomic E-state index is 0.127. The van der Waals surface area contributed by atoms with Gasteiger partial charge in [-0.25, -0.2) is 0 Å². The second-order valence-corrected chi connectivity index (χ2v) is 3.84. The van der Waals surface area contributed by atoms with E-state index >= 15 is 0 Å². The van der Waals surface area contributed by atoms with Gasteiger partial charge in [0.25, 0.3) is 0 Å². The molecule has 1 aromatic carbocycles. The zero-order valence-corrected chi connectivity index (χ0v) is 9.33. The van der Waals surface area contributed by atoms with E-state index in [9.17, 15) is 4.48 Å². The molecule has 1 aromatic rings.